The van der Waals surface area contributed by atoms with E-state index in [0.717, 1.165) is 28.4 Å². The quantitative estimate of drug-likeness (QED) is 0.808. The number of aliphatic carboxylic acids is 1. The first kappa shape index (κ1) is 10.4. The Balaban J connectivity index is 2.31. The molecule has 0 radical (unpaired) electrons. The molecule has 0 saturated carbocycles. The summed E-state index contributed by atoms with van der Waals surface area (Å²) in [4.78, 5) is 12.0. The smallest absolute Gasteiger partial charge is 0.310 e. The molecule has 1 atom stereocenters. The topological polar surface area (TPSA) is 49.3 Å². The van der Waals surface area contributed by atoms with Crippen molar-refractivity contribution >= 4 is 23.4 Å². The van der Waals surface area contributed by atoms with E-state index in [2.05, 4.69) is 5.32 Å². The van der Waals surface area contributed by atoms with Crippen molar-refractivity contribution in [3.8, 4) is 0 Å². The van der Waals surface area contributed by atoms with Crippen LogP contribution in [0.15, 0.2) is 23.1 Å². The van der Waals surface area contributed by atoms with E-state index < -0.39 is 11.9 Å². The first-order chi connectivity index (χ1) is 7.18. The summed E-state index contributed by atoms with van der Waals surface area (Å²) in [5.74, 6) is -0.167. The van der Waals surface area contributed by atoms with Crippen LogP contribution < -0.4 is 5.32 Å². The number of fused-ring (bicyclic) bond motifs is 1. The zero-order valence-electron chi connectivity index (χ0n) is 8.49. The largest absolute Gasteiger partial charge is 0.481 e. The number of hydrogen-bond acceptors (Lipinski definition) is 3. The van der Waals surface area contributed by atoms with Crippen molar-refractivity contribution < 1.29 is 9.90 Å². The van der Waals surface area contributed by atoms with Gasteiger partial charge in [-0.15, -0.1) is 11.8 Å². The van der Waals surface area contributed by atoms with Crippen LogP contribution in [-0.4, -0.2) is 23.4 Å². The molecule has 2 N–H and O–H groups in total. The van der Waals surface area contributed by atoms with Gasteiger partial charge < -0.3 is 10.4 Å². The second kappa shape index (κ2) is 4.14. The third-order valence-electron chi connectivity index (χ3n) is 2.55. The SMILES string of the molecule is CC(C(=O)O)c1ccc2c(c1)SCCN2. The molecule has 1 heterocycles. The van der Waals surface area contributed by atoms with E-state index >= 15 is 0 Å². The normalized spacial score (nSPS) is 16.3. The van der Waals surface area contributed by atoms with E-state index in [1.54, 1.807) is 18.7 Å². The van der Waals surface area contributed by atoms with Gasteiger partial charge in [0.2, 0.25) is 0 Å². The molecule has 1 aromatic rings. The van der Waals surface area contributed by atoms with Gasteiger partial charge in [0.1, 0.15) is 0 Å². The monoisotopic (exact) mass is 223 g/mol. The highest BCUT2D eigenvalue weighted by atomic mass is 32.2. The molecule has 0 amide bonds. The minimum Gasteiger partial charge on any atom is -0.481 e. The molecular weight excluding hydrogens is 210 g/mol. The van der Waals surface area contributed by atoms with E-state index in [-0.39, 0.29) is 0 Å². The van der Waals surface area contributed by atoms with Crippen LogP contribution in [0.25, 0.3) is 0 Å². The van der Waals surface area contributed by atoms with Gasteiger partial charge in [-0.2, -0.15) is 0 Å². The minimum atomic E-state index is -0.774. The van der Waals surface area contributed by atoms with Crippen LogP contribution in [0.3, 0.4) is 0 Å². The lowest BCUT2D eigenvalue weighted by atomic mass is 10.0. The standard InChI is InChI=1S/C11H13NO2S/c1-7(11(13)14)8-2-3-9-10(6-8)15-5-4-12-9/h2-3,6-7,12H,4-5H2,1H3,(H,13,14). The van der Waals surface area contributed by atoms with Crippen LogP contribution in [0.2, 0.25) is 0 Å². The first-order valence-electron chi connectivity index (χ1n) is 4.92. The van der Waals surface area contributed by atoms with E-state index in [1.165, 1.54) is 0 Å². The predicted molar refractivity (Wildman–Crippen MR) is 61.7 cm³/mol. The van der Waals surface area contributed by atoms with Crippen molar-refractivity contribution in [2.45, 2.75) is 17.7 Å². The van der Waals surface area contributed by atoms with Gasteiger partial charge in [-0.3, -0.25) is 4.79 Å². The van der Waals surface area contributed by atoms with Gasteiger partial charge >= 0.3 is 5.97 Å². The van der Waals surface area contributed by atoms with Crippen molar-refractivity contribution in [2.24, 2.45) is 0 Å². The fourth-order valence-electron chi connectivity index (χ4n) is 1.56. The molecule has 0 bridgehead atoms. The highest BCUT2D eigenvalue weighted by molar-refractivity contribution is 7.99. The van der Waals surface area contributed by atoms with Gasteiger partial charge in [0.25, 0.3) is 0 Å². The molecule has 0 fully saturated rings. The van der Waals surface area contributed by atoms with Crippen LogP contribution >= 0.6 is 11.8 Å². The zero-order valence-corrected chi connectivity index (χ0v) is 9.30. The highest BCUT2D eigenvalue weighted by Crippen LogP contribution is 2.33. The minimum absolute atomic E-state index is 0.433. The molecule has 1 aliphatic heterocycles. The summed E-state index contributed by atoms with van der Waals surface area (Å²) >= 11 is 1.78. The van der Waals surface area contributed by atoms with Gasteiger partial charge in [0.15, 0.2) is 0 Å². The van der Waals surface area contributed by atoms with Crippen LogP contribution in [0.4, 0.5) is 5.69 Å². The van der Waals surface area contributed by atoms with E-state index in [0.29, 0.717) is 0 Å². The maximum Gasteiger partial charge on any atom is 0.310 e. The molecule has 1 aromatic carbocycles. The average molecular weight is 223 g/mol. The van der Waals surface area contributed by atoms with Crippen LogP contribution in [0.1, 0.15) is 18.4 Å². The summed E-state index contributed by atoms with van der Waals surface area (Å²) in [7, 11) is 0. The number of thioether (sulfide) groups is 1. The van der Waals surface area contributed by atoms with Crippen molar-refractivity contribution in [1.82, 2.24) is 0 Å². The number of hydrogen-bond donors (Lipinski definition) is 2. The molecule has 80 valence electrons. The third kappa shape index (κ3) is 2.09. The second-order valence-electron chi connectivity index (χ2n) is 3.59. The Morgan fingerprint density at radius 3 is 3.13 bits per heavy atom. The maximum absolute atomic E-state index is 10.8. The Kier molecular flexibility index (Phi) is 2.86. The predicted octanol–water partition coefficient (Wildman–Crippen LogP) is 2.39. The van der Waals surface area contributed by atoms with Gasteiger partial charge in [0.05, 0.1) is 5.92 Å². The Morgan fingerprint density at radius 1 is 1.60 bits per heavy atom. The molecule has 2 rings (SSSR count). The molecule has 1 aliphatic rings. The molecule has 15 heavy (non-hydrogen) atoms. The Labute approximate surface area is 92.9 Å². The Morgan fingerprint density at radius 2 is 2.40 bits per heavy atom. The van der Waals surface area contributed by atoms with Gasteiger partial charge in [-0.05, 0) is 24.6 Å². The molecule has 4 heteroatoms. The number of nitrogens with one attached hydrogen (secondary N) is 1. The molecule has 0 aliphatic carbocycles. The summed E-state index contributed by atoms with van der Waals surface area (Å²) in [6, 6.07) is 5.83. The lowest BCUT2D eigenvalue weighted by Crippen LogP contribution is -2.12. The summed E-state index contributed by atoms with van der Waals surface area (Å²) in [5, 5.41) is 12.2. The summed E-state index contributed by atoms with van der Waals surface area (Å²) in [6.45, 7) is 2.69. The van der Waals surface area contributed by atoms with Crippen molar-refractivity contribution in [1.29, 1.82) is 0 Å². The van der Waals surface area contributed by atoms with Crippen LogP contribution in [-0.2, 0) is 4.79 Å². The lowest BCUT2D eigenvalue weighted by molar-refractivity contribution is -0.138. The van der Waals surface area contributed by atoms with E-state index in [9.17, 15) is 4.79 Å². The first-order valence-corrected chi connectivity index (χ1v) is 5.90. The third-order valence-corrected chi connectivity index (χ3v) is 3.61. The summed E-state index contributed by atoms with van der Waals surface area (Å²) in [6.07, 6.45) is 0. The number of carbonyl (C=O) groups is 1. The van der Waals surface area contributed by atoms with Crippen molar-refractivity contribution in [2.75, 3.05) is 17.6 Å². The average Bonchev–Trinajstić information content (AvgIpc) is 2.27. The van der Waals surface area contributed by atoms with Crippen LogP contribution in [0.5, 0.6) is 0 Å². The number of carboxylic acid groups (broad SMARTS) is 1. The number of anilines is 1. The van der Waals surface area contributed by atoms with E-state index in [4.69, 9.17) is 5.11 Å². The summed E-state index contributed by atoms with van der Waals surface area (Å²) in [5.41, 5.74) is 1.99. The van der Waals surface area contributed by atoms with Crippen molar-refractivity contribution in [3.63, 3.8) is 0 Å². The van der Waals surface area contributed by atoms with Gasteiger partial charge in [0, 0.05) is 22.9 Å². The second-order valence-corrected chi connectivity index (χ2v) is 4.73. The Bertz CT molecular complexity index is 392. The van der Waals surface area contributed by atoms with Crippen LogP contribution in [0, 0.1) is 0 Å². The Hall–Kier alpha value is -1.16. The molecule has 1 unspecified atom stereocenters. The van der Waals surface area contributed by atoms with Gasteiger partial charge in [-0.25, -0.2) is 0 Å². The molecule has 0 aromatic heterocycles. The van der Waals surface area contributed by atoms with Gasteiger partial charge in [-0.1, -0.05) is 6.07 Å². The number of benzene rings is 1. The molecule has 0 saturated heterocycles. The lowest BCUT2D eigenvalue weighted by Gasteiger charge is -2.19. The van der Waals surface area contributed by atoms with Crippen molar-refractivity contribution in [3.05, 3.63) is 23.8 Å². The number of rotatable bonds is 2. The maximum atomic E-state index is 10.8. The zero-order chi connectivity index (χ0) is 10.8. The molecule has 3 nitrogen and oxygen atoms in total. The fourth-order valence-corrected chi connectivity index (χ4v) is 2.50. The molecular formula is C11H13NO2S. The van der Waals surface area contributed by atoms with E-state index in [1.807, 2.05) is 18.2 Å². The highest BCUT2D eigenvalue weighted by Gasteiger charge is 2.16. The summed E-state index contributed by atoms with van der Waals surface area (Å²) < 4.78 is 0. The fraction of sp³-hybridized carbons (Fsp3) is 0.364. The number of carboxylic acids is 1. The molecule has 0 spiro atoms.